The zero-order valence-corrected chi connectivity index (χ0v) is 14.9. The highest BCUT2D eigenvalue weighted by molar-refractivity contribution is 5.91. The number of anilines is 1. The van der Waals surface area contributed by atoms with E-state index in [1.54, 1.807) is 6.07 Å². The highest BCUT2D eigenvalue weighted by Gasteiger charge is 2.31. The number of benzene rings is 1. The minimum absolute atomic E-state index is 0.0266. The second-order valence-electron chi connectivity index (χ2n) is 7.36. The lowest BCUT2D eigenvalue weighted by Crippen LogP contribution is -2.31. The molecule has 3 atom stereocenters. The summed E-state index contributed by atoms with van der Waals surface area (Å²) >= 11 is 0. The summed E-state index contributed by atoms with van der Waals surface area (Å²) in [6.45, 7) is 0.944. The van der Waals surface area contributed by atoms with Crippen molar-refractivity contribution in [3.8, 4) is 5.75 Å². The molecule has 0 spiro atoms. The van der Waals surface area contributed by atoms with Gasteiger partial charge in [-0.3, -0.25) is 0 Å². The number of nitrogens with one attached hydrogen (secondary N) is 1. The van der Waals surface area contributed by atoms with Crippen molar-refractivity contribution in [1.29, 1.82) is 0 Å². The summed E-state index contributed by atoms with van der Waals surface area (Å²) in [5.41, 5.74) is 1.08. The Kier molecular flexibility index (Phi) is 5.63. The van der Waals surface area contributed by atoms with Crippen LogP contribution in [0.15, 0.2) is 23.2 Å². The van der Waals surface area contributed by atoms with Gasteiger partial charge in [0.2, 0.25) is 5.90 Å². The lowest BCUT2D eigenvalue weighted by atomic mass is 10.0. The maximum atomic E-state index is 12.2. The molecule has 3 rings (SSSR count). The Morgan fingerprint density at radius 1 is 1.23 bits per heavy atom. The lowest BCUT2D eigenvalue weighted by Gasteiger charge is -2.24. The van der Waals surface area contributed by atoms with Gasteiger partial charge in [0.25, 0.3) is 0 Å². The Morgan fingerprint density at radius 3 is 2.65 bits per heavy atom. The maximum absolute atomic E-state index is 12.2. The third-order valence-corrected chi connectivity index (χ3v) is 5.09. The predicted molar refractivity (Wildman–Crippen MR) is 95.5 cm³/mol. The van der Waals surface area contributed by atoms with Gasteiger partial charge in [-0.2, -0.15) is 13.2 Å². The van der Waals surface area contributed by atoms with Gasteiger partial charge in [-0.25, -0.2) is 4.99 Å². The van der Waals surface area contributed by atoms with Gasteiger partial charge in [-0.1, -0.05) is 32.6 Å². The first-order chi connectivity index (χ1) is 12.3. The number of halogens is 3. The third kappa shape index (κ3) is 5.29. The van der Waals surface area contributed by atoms with Crippen LogP contribution in [0, 0.1) is 11.8 Å². The molecule has 4 nitrogen and oxygen atoms in total. The van der Waals surface area contributed by atoms with E-state index >= 15 is 0 Å². The van der Waals surface area contributed by atoms with E-state index < -0.39 is 12.8 Å². The summed E-state index contributed by atoms with van der Waals surface area (Å²) in [5, 5.41) is 13.3. The molecule has 0 bridgehead atoms. The van der Waals surface area contributed by atoms with Gasteiger partial charge >= 0.3 is 6.18 Å². The summed E-state index contributed by atoms with van der Waals surface area (Å²) in [6.07, 6.45) is 2.40. The zero-order chi connectivity index (χ0) is 18.7. The first-order valence-corrected chi connectivity index (χ1v) is 9.19. The van der Waals surface area contributed by atoms with E-state index in [0.29, 0.717) is 11.4 Å². The van der Waals surface area contributed by atoms with Crippen LogP contribution in [0.3, 0.4) is 0 Å². The Balaban J connectivity index is 1.48. The van der Waals surface area contributed by atoms with Crippen molar-refractivity contribution in [3.05, 3.63) is 18.2 Å². The largest absolute Gasteiger partial charge is 0.495 e. The summed E-state index contributed by atoms with van der Waals surface area (Å²) < 4.78 is 41.4. The van der Waals surface area contributed by atoms with E-state index in [9.17, 15) is 18.3 Å². The highest BCUT2D eigenvalue weighted by atomic mass is 19.4. The van der Waals surface area contributed by atoms with E-state index in [1.165, 1.54) is 31.4 Å². The number of hydrogen-bond acceptors (Lipinski definition) is 3. The quantitative estimate of drug-likeness (QED) is 0.584. The van der Waals surface area contributed by atoms with Crippen molar-refractivity contribution in [3.63, 3.8) is 0 Å². The van der Waals surface area contributed by atoms with Crippen LogP contribution in [-0.2, 0) is 0 Å². The van der Waals surface area contributed by atoms with Crippen molar-refractivity contribution in [2.75, 3.05) is 11.9 Å². The third-order valence-electron chi connectivity index (χ3n) is 5.09. The van der Waals surface area contributed by atoms with Crippen LogP contribution in [0.2, 0.25) is 0 Å². The van der Waals surface area contributed by atoms with E-state index in [4.69, 9.17) is 4.74 Å². The Morgan fingerprint density at radius 2 is 1.96 bits per heavy atom. The second kappa shape index (κ2) is 7.76. The predicted octanol–water partition coefficient (Wildman–Crippen LogP) is 5.62. The van der Waals surface area contributed by atoms with Crippen molar-refractivity contribution in [1.82, 2.24) is 0 Å². The molecular formula is C19H25F3N2O2. The number of aliphatic hydroxyl groups excluding tert-OH is 1. The van der Waals surface area contributed by atoms with E-state index in [-0.39, 0.29) is 17.7 Å². The summed E-state index contributed by atoms with van der Waals surface area (Å²) in [7, 11) is 0. The van der Waals surface area contributed by atoms with Gasteiger partial charge in [-0.05, 0) is 36.8 Å². The van der Waals surface area contributed by atoms with E-state index in [2.05, 4.69) is 17.2 Å². The fraction of sp³-hybridized carbons (Fsp3) is 0.632. The number of fused-ring (bicyclic) bond motifs is 1. The number of ether oxygens (including phenoxy) is 1. The van der Waals surface area contributed by atoms with Crippen molar-refractivity contribution < 1.29 is 23.0 Å². The minimum Gasteiger partial charge on any atom is -0.495 e. The van der Waals surface area contributed by atoms with Gasteiger partial charge in [-0.15, -0.1) is 0 Å². The van der Waals surface area contributed by atoms with Crippen LogP contribution in [0.5, 0.6) is 5.75 Å². The minimum atomic E-state index is -4.39. The van der Waals surface area contributed by atoms with Crippen LogP contribution < -0.4 is 10.1 Å². The number of aliphatic hydroxyl groups is 1. The smallest absolute Gasteiger partial charge is 0.422 e. The summed E-state index contributed by atoms with van der Waals surface area (Å²) in [5.74, 6) is 1.86. The Labute approximate surface area is 151 Å². The normalized spacial score (nSPS) is 24.5. The fourth-order valence-corrected chi connectivity index (χ4v) is 3.37. The molecule has 2 unspecified atom stereocenters. The molecular weight excluding hydrogens is 345 g/mol. The molecule has 1 heterocycles. The molecule has 1 aromatic rings. The summed E-state index contributed by atoms with van der Waals surface area (Å²) in [6, 6.07) is 4.27. The average Bonchev–Trinajstić information content (AvgIpc) is 3.27. The molecule has 1 aromatic carbocycles. The average molecular weight is 370 g/mol. The van der Waals surface area contributed by atoms with Gasteiger partial charge < -0.3 is 15.2 Å². The van der Waals surface area contributed by atoms with Crippen LogP contribution >= 0.6 is 0 Å². The number of hydrogen-bond donors (Lipinski definition) is 2. The number of alkyl halides is 3. The molecule has 7 heteroatoms. The molecule has 1 aliphatic carbocycles. The zero-order valence-electron chi connectivity index (χ0n) is 14.9. The second-order valence-corrected chi connectivity index (χ2v) is 7.36. The van der Waals surface area contributed by atoms with Crippen molar-refractivity contribution in [2.24, 2.45) is 16.8 Å². The molecule has 1 saturated carbocycles. The SMILES string of the molecule is CC1C[C@H]1CCCCCC1Nc2ccc(OCC(F)(F)F)cc2N=C1O. The Bertz CT molecular complexity index is 661. The first kappa shape index (κ1) is 18.9. The van der Waals surface area contributed by atoms with Crippen LogP contribution in [0.4, 0.5) is 24.5 Å². The number of unbranched alkanes of at least 4 members (excludes halogenated alkanes) is 2. The molecule has 0 radical (unpaired) electrons. The highest BCUT2D eigenvalue weighted by Crippen LogP contribution is 2.41. The number of nitrogens with zero attached hydrogens (tertiary/aromatic N) is 1. The maximum Gasteiger partial charge on any atom is 0.422 e. The van der Waals surface area contributed by atoms with Gasteiger partial charge in [0.15, 0.2) is 6.61 Å². The van der Waals surface area contributed by atoms with Gasteiger partial charge in [0.05, 0.1) is 11.4 Å². The van der Waals surface area contributed by atoms with Crippen molar-refractivity contribution in [2.45, 2.75) is 57.7 Å². The molecule has 2 N–H and O–H groups in total. The Hall–Kier alpha value is -1.92. The number of aliphatic imine (C=N–C) groups is 1. The van der Waals surface area contributed by atoms with Crippen LogP contribution in [-0.4, -0.2) is 29.8 Å². The van der Waals surface area contributed by atoms with Crippen LogP contribution in [0.25, 0.3) is 0 Å². The van der Waals surface area contributed by atoms with E-state index in [1.807, 2.05) is 0 Å². The molecule has 0 saturated heterocycles. The molecule has 0 aromatic heterocycles. The summed E-state index contributed by atoms with van der Waals surface area (Å²) in [4.78, 5) is 4.13. The van der Waals surface area contributed by atoms with Crippen molar-refractivity contribution >= 4 is 17.3 Å². The molecule has 1 aliphatic heterocycles. The van der Waals surface area contributed by atoms with Gasteiger partial charge in [0.1, 0.15) is 11.8 Å². The molecule has 144 valence electrons. The lowest BCUT2D eigenvalue weighted by molar-refractivity contribution is -0.153. The fourth-order valence-electron chi connectivity index (χ4n) is 3.37. The monoisotopic (exact) mass is 370 g/mol. The standard InChI is InChI=1S/C19H25F3N2O2/c1-12-9-13(12)5-3-2-4-6-16-18(25)24-17-10-14(7-8-15(17)23-16)26-11-19(20,21)22/h7-8,10,12-13,16,23H,2-6,9,11H2,1H3,(H,24,25)/t12?,13-,16?/m1/s1. The molecule has 26 heavy (non-hydrogen) atoms. The molecule has 0 amide bonds. The van der Waals surface area contributed by atoms with Gasteiger partial charge in [0, 0.05) is 6.07 Å². The molecule has 1 fully saturated rings. The van der Waals surface area contributed by atoms with E-state index in [0.717, 1.165) is 31.1 Å². The number of rotatable bonds is 8. The van der Waals surface area contributed by atoms with Crippen LogP contribution in [0.1, 0.15) is 45.4 Å². The molecule has 2 aliphatic rings. The topological polar surface area (TPSA) is 53.8 Å². The first-order valence-electron chi connectivity index (χ1n) is 9.19.